The van der Waals surface area contributed by atoms with Gasteiger partial charge in [0.2, 0.25) is 10.0 Å². The predicted octanol–water partition coefficient (Wildman–Crippen LogP) is 2.62. The van der Waals surface area contributed by atoms with E-state index in [1.165, 1.54) is 19.0 Å². The van der Waals surface area contributed by atoms with E-state index in [-0.39, 0.29) is 44.9 Å². The van der Waals surface area contributed by atoms with E-state index in [2.05, 4.69) is 4.98 Å². The zero-order valence-electron chi connectivity index (χ0n) is 25.4. The molecule has 1 amide bonds. The molecule has 2 aromatic carbocycles. The lowest BCUT2D eigenvalue weighted by Crippen LogP contribution is -2.43. The Balaban J connectivity index is 1.47. The molecule has 5 rings (SSSR count). The molecular formula is C31H34F2N6O6S. The van der Waals surface area contributed by atoms with Gasteiger partial charge >= 0.3 is 5.69 Å². The van der Waals surface area contributed by atoms with Gasteiger partial charge in [0.25, 0.3) is 11.5 Å². The molecule has 3 heterocycles. The van der Waals surface area contributed by atoms with Gasteiger partial charge in [-0.1, -0.05) is 12.1 Å². The van der Waals surface area contributed by atoms with E-state index < -0.39 is 43.7 Å². The van der Waals surface area contributed by atoms with Gasteiger partial charge in [0, 0.05) is 76.9 Å². The molecule has 0 radical (unpaired) electrons. The highest BCUT2D eigenvalue weighted by atomic mass is 32.2. The number of fused-ring (bicyclic) bond motifs is 4. The molecule has 0 fully saturated rings. The lowest BCUT2D eigenvalue weighted by molar-refractivity contribution is 0.0734. The Hall–Kier alpha value is -4.63. The molecule has 1 aliphatic rings. The van der Waals surface area contributed by atoms with Crippen molar-refractivity contribution in [3.05, 3.63) is 99.1 Å². The van der Waals surface area contributed by atoms with Gasteiger partial charge in [-0.15, -0.1) is 0 Å². The number of sulfonamides is 1. The number of hydrogen-bond donors (Lipinski definition) is 0. The van der Waals surface area contributed by atoms with Crippen LogP contribution in [-0.2, 0) is 30.7 Å². The van der Waals surface area contributed by atoms with Crippen LogP contribution in [0.4, 0.5) is 8.78 Å². The number of carbonyl (C=O) groups excluding carboxylic acids is 1. The van der Waals surface area contributed by atoms with E-state index in [4.69, 9.17) is 4.74 Å². The number of rotatable bonds is 3. The third kappa shape index (κ3) is 6.94. The molecule has 12 nitrogen and oxygen atoms in total. The third-order valence-corrected chi connectivity index (χ3v) is 9.80. The van der Waals surface area contributed by atoms with Crippen LogP contribution in [0.2, 0.25) is 0 Å². The lowest BCUT2D eigenvalue weighted by atomic mass is 10.2. The maximum Gasteiger partial charge on any atom is 0.331 e. The van der Waals surface area contributed by atoms with Crippen LogP contribution in [0.5, 0.6) is 5.75 Å². The minimum Gasteiger partial charge on any atom is -0.494 e. The normalized spacial score (nSPS) is 15.5. The van der Waals surface area contributed by atoms with E-state index in [1.54, 1.807) is 30.6 Å². The highest BCUT2D eigenvalue weighted by molar-refractivity contribution is 7.89. The number of aromatic nitrogens is 4. The molecule has 0 saturated carbocycles. The maximum absolute atomic E-state index is 14.6. The first-order chi connectivity index (χ1) is 22.0. The molecule has 0 aliphatic carbocycles. The summed E-state index contributed by atoms with van der Waals surface area (Å²) in [7, 11) is -1.60. The Bertz CT molecular complexity index is 1970. The molecule has 0 N–H and O–H groups in total. The van der Waals surface area contributed by atoms with Gasteiger partial charge in [-0.25, -0.2) is 27.0 Å². The van der Waals surface area contributed by atoms with Crippen LogP contribution >= 0.6 is 0 Å². The summed E-state index contributed by atoms with van der Waals surface area (Å²) < 4.78 is 66.2. The minimum absolute atomic E-state index is 0.00130. The van der Waals surface area contributed by atoms with Crippen molar-refractivity contribution in [3.63, 3.8) is 0 Å². The first kappa shape index (κ1) is 32.8. The van der Waals surface area contributed by atoms with Crippen LogP contribution in [0.1, 0.15) is 29.8 Å². The van der Waals surface area contributed by atoms with E-state index in [0.29, 0.717) is 37.0 Å². The molecule has 4 aromatic rings. The largest absolute Gasteiger partial charge is 0.494 e. The number of benzene rings is 2. The van der Waals surface area contributed by atoms with Crippen molar-refractivity contribution in [2.75, 3.05) is 32.8 Å². The monoisotopic (exact) mass is 656 g/mol. The number of ether oxygens (including phenoxy) is 1. The second kappa shape index (κ2) is 13.8. The number of halogens is 2. The molecule has 1 aliphatic heterocycles. The Morgan fingerprint density at radius 1 is 0.891 bits per heavy atom. The van der Waals surface area contributed by atoms with Gasteiger partial charge in [-0.3, -0.25) is 18.7 Å². The summed E-state index contributed by atoms with van der Waals surface area (Å²) in [6.07, 6.45) is 4.35. The van der Waals surface area contributed by atoms with Crippen LogP contribution in [-0.4, -0.2) is 75.0 Å². The quantitative estimate of drug-likeness (QED) is 0.332. The average Bonchev–Trinajstić information content (AvgIpc) is 3.50. The van der Waals surface area contributed by atoms with E-state index in [9.17, 15) is 31.6 Å². The summed E-state index contributed by atoms with van der Waals surface area (Å²) in [5.41, 5.74) is -0.584. The molecular weight excluding hydrogens is 622 g/mol. The Kier molecular flexibility index (Phi) is 9.82. The molecule has 46 heavy (non-hydrogen) atoms. The van der Waals surface area contributed by atoms with E-state index >= 15 is 0 Å². The maximum atomic E-state index is 14.6. The summed E-state index contributed by atoms with van der Waals surface area (Å²) in [6.45, 7) is 0.852. The fourth-order valence-electron chi connectivity index (χ4n) is 5.32. The second-order valence-corrected chi connectivity index (χ2v) is 12.8. The Morgan fingerprint density at radius 2 is 1.65 bits per heavy atom. The third-order valence-electron chi connectivity index (χ3n) is 7.87. The summed E-state index contributed by atoms with van der Waals surface area (Å²) in [6, 6.07) is 10.7. The number of amides is 1. The van der Waals surface area contributed by atoms with Crippen molar-refractivity contribution in [2.24, 2.45) is 14.1 Å². The standard InChI is InChI=1S/C31H34F2N6O6S/c1-35-26(21-28(40)36(2)31(35)42)30(41)38-12-3-4-13-39(46(43,44)27-10-9-23(32)20-25(27)33)14-6-18-45-24-8-5-7-22(19-24)29-34-11-15-37(29)16-17-38/h5,7-11,15,19-21H,3-4,6,12-14,16-18H2,1-2H3. The summed E-state index contributed by atoms with van der Waals surface area (Å²) in [5.74, 6) is -1.44. The number of imidazole rings is 1. The van der Waals surface area contributed by atoms with Crippen LogP contribution in [0.3, 0.4) is 0 Å². The highest BCUT2D eigenvalue weighted by Gasteiger charge is 2.28. The molecule has 0 atom stereocenters. The van der Waals surface area contributed by atoms with Crippen molar-refractivity contribution in [1.82, 2.24) is 27.9 Å². The van der Waals surface area contributed by atoms with Gasteiger partial charge < -0.3 is 14.2 Å². The smallest absolute Gasteiger partial charge is 0.331 e. The number of hydrogen-bond acceptors (Lipinski definition) is 7. The second-order valence-electron chi connectivity index (χ2n) is 10.9. The van der Waals surface area contributed by atoms with Gasteiger partial charge in [-0.05, 0) is 43.5 Å². The van der Waals surface area contributed by atoms with Gasteiger partial charge in [0.05, 0.1) is 6.61 Å². The van der Waals surface area contributed by atoms with Gasteiger partial charge in [0.15, 0.2) is 0 Å². The van der Waals surface area contributed by atoms with Crippen LogP contribution < -0.4 is 16.0 Å². The molecule has 0 spiro atoms. The first-order valence-corrected chi connectivity index (χ1v) is 16.2. The zero-order chi connectivity index (χ0) is 33.0. The fourth-order valence-corrected chi connectivity index (χ4v) is 6.88. The molecule has 2 bridgehead atoms. The SMILES string of the molecule is Cn1c(C(=O)N2CCCCN(S(=O)(=O)c3ccc(F)cc3F)CCCOc3cccc(c3)-c3nccn3CC2)cc(=O)n(C)c1=O. The van der Waals surface area contributed by atoms with Crippen molar-refractivity contribution >= 4 is 15.9 Å². The predicted molar refractivity (Wildman–Crippen MR) is 165 cm³/mol. The Labute approximate surface area is 264 Å². The van der Waals surface area contributed by atoms with Gasteiger partial charge in [0.1, 0.15) is 33.8 Å². The van der Waals surface area contributed by atoms with Crippen molar-refractivity contribution in [1.29, 1.82) is 0 Å². The Morgan fingerprint density at radius 3 is 2.43 bits per heavy atom. The lowest BCUT2D eigenvalue weighted by Gasteiger charge is -2.26. The van der Waals surface area contributed by atoms with Crippen LogP contribution in [0.15, 0.2) is 75.4 Å². The summed E-state index contributed by atoms with van der Waals surface area (Å²) in [5, 5.41) is 0. The van der Waals surface area contributed by atoms with Gasteiger partial charge in [-0.2, -0.15) is 4.31 Å². The molecule has 0 saturated heterocycles. The van der Waals surface area contributed by atoms with Crippen molar-refractivity contribution < 1.29 is 26.7 Å². The fraction of sp³-hybridized carbons (Fsp3) is 0.355. The summed E-state index contributed by atoms with van der Waals surface area (Å²) in [4.78, 5) is 44.2. The topological polar surface area (TPSA) is 129 Å². The zero-order valence-corrected chi connectivity index (χ0v) is 26.3. The van der Waals surface area contributed by atoms with E-state index in [0.717, 1.165) is 37.2 Å². The van der Waals surface area contributed by atoms with Crippen LogP contribution in [0, 0.1) is 11.6 Å². The van der Waals surface area contributed by atoms with Crippen molar-refractivity contribution in [3.8, 4) is 17.1 Å². The first-order valence-electron chi connectivity index (χ1n) is 14.7. The van der Waals surface area contributed by atoms with E-state index in [1.807, 2.05) is 10.6 Å². The van der Waals surface area contributed by atoms with Crippen LogP contribution in [0.25, 0.3) is 11.4 Å². The average molecular weight is 657 g/mol. The van der Waals surface area contributed by atoms with Crippen molar-refractivity contribution in [2.45, 2.75) is 30.7 Å². The highest BCUT2D eigenvalue weighted by Crippen LogP contribution is 2.24. The molecule has 0 unspecified atom stereocenters. The summed E-state index contributed by atoms with van der Waals surface area (Å²) >= 11 is 0. The molecule has 2 aromatic heterocycles. The number of nitrogens with zero attached hydrogens (tertiary/aromatic N) is 6. The number of carbonyl (C=O) groups is 1. The molecule has 15 heteroatoms. The minimum atomic E-state index is -4.34. The molecule has 244 valence electrons.